The number of hydrogen-bond donors (Lipinski definition) is 0. The van der Waals surface area contributed by atoms with Crippen LogP contribution in [0.3, 0.4) is 0 Å². The van der Waals surface area contributed by atoms with Gasteiger partial charge in [-0.1, -0.05) is 80.3 Å². The third-order valence-corrected chi connectivity index (χ3v) is 6.67. The summed E-state index contributed by atoms with van der Waals surface area (Å²) in [6.45, 7) is 2.17. The number of rotatable bonds is 9. The first-order chi connectivity index (χ1) is 16.5. The van der Waals surface area contributed by atoms with Gasteiger partial charge in [0.1, 0.15) is 17.5 Å². The lowest BCUT2D eigenvalue weighted by Gasteiger charge is -2.11. The molecule has 0 saturated heterocycles. The van der Waals surface area contributed by atoms with Gasteiger partial charge >= 0.3 is 0 Å². The Bertz CT molecular complexity index is 1300. The first-order valence-corrected chi connectivity index (χ1v) is 12.3. The van der Waals surface area contributed by atoms with Crippen molar-refractivity contribution in [1.29, 1.82) is 0 Å². The Morgan fingerprint density at radius 3 is 2.21 bits per heavy atom. The van der Waals surface area contributed by atoms with E-state index in [1.165, 1.54) is 25.0 Å². The molecule has 0 aliphatic heterocycles. The van der Waals surface area contributed by atoms with Crippen molar-refractivity contribution >= 4 is 22.4 Å². The summed E-state index contributed by atoms with van der Waals surface area (Å²) < 4.78 is 43.7. The van der Waals surface area contributed by atoms with E-state index in [9.17, 15) is 8.78 Å². The van der Waals surface area contributed by atoms with E-state index in [0.29, 0.717) is 29.4 Å². The van der Waals surface area contributed by atoms with Crippen LogP contribution in [0.5, 0.6) is 0 Å². The molecule has 4 rings (SSSR count). The van der Waals surface area contributed by atoms with E-state index in [1.807, 2.05) is 24.3 Å². The minimum atomic E-state index is -0.470. The van der Waals surface area contributed by atoms with Crippen LogP contribution in [0, 0.1) is 17.5 Å². The van der Waals surface area contributed by atoms with Gasteiger partial charge in [0.15, 0.2) is 0 Å². The summed E-state index contributed by atoms with van der Waals surface area (Å²) in [5.74, 6) is -1.01. The second kappa shape index (κ2) is 11.1. The molecule has 0 heterocycles. The molecule has 4 aromatic carbocycles. The summed E-state index contributed by atoms with van der Waals surface area (Å²) in [6, 6.07) is 19.0. The van der Waals surface area contributed by atoms with Crippen molar-refractivity contribution in [3.63, 3.8) is 0 Å². The van der Waals surface area contributed by atoms with Gasteiger partial charge < -0.3 is 0 Å². The highest BCUT2D eigenvalue weighted by Crippen LogP contribution is 2.30. The molecule has 0 atom stereocenters. The van der Waals surface area contributed by atoms with Crippen molar-refractivity contribution in [3.8, 4) is 11.1 Å². The third kappa shape index (κ3) is 5.64. The second-order valence-electron chi connectivity index (χ2n) is 8.85. The molecule has 0 saturated carbocycles. The number of hydrogen-bond acceptors (Lipinski definition) is 0. The standard InChI is InChI=1S/C30H28ClF3/c1-2-3-4-5-6-20-8-14-25(28(32)17-20)23-13-15-26-24(19-23)12-11-22(30(26)34)10-7-21-9-16-27(31)29(33)18-21/h8-9,11-19H,2-7,10H2,1H3. The van der Waals surface area contributed by atoms with E-state index in [-0.39, 0.29) is 16.7 Å². The molecule has 34 heavy (non-hydrogen) atoms. The van der Waals surface area contributed by atoms with E-state index in [2.05, 4.69) is 6.92 Å². The first-order valence-electron chi connectivity index (χ1n) is 11.9. The molecule has 176 valence electrons. The van der Waals surface area contributed by atoms with Crippen LogP contribution < -0.4 is 0 Å². The van der Waals surface area contributed by atoms with Gasteiger partial charge in [0.2, 0.25) is 0 Å². The first kappa shape index (κ1) is 24.3. The van der Waals surface area contributed by atoms with Gasteiger partial charge in [0.05, 0.1) is 5.02 Å². The van der Waals surface area contributed by atoms with Crippen molar-refractivity contribution in [2.24, 2.45) is 0 Å². The number of unbranched alkanes of at least 4 members (excludes halogenated alkanes) is 3. The van der Waals surface area contributed by atoms with E-state index in [4.69, 9.17) is 11.6 Å². The van der Waals surface area contributed by atoms with E-state index >= 15 is 4.39 Å². The molecule has 0 bridgehead atoms. The third-order valence-electron chi connectivity index (χ3n) is 6.36. The zero-order chi connectivity index (χ0) is 24.1. The molecule has 0 fully saturated rings. The SMILES string of the molecule is CCCCCCc1ccc(-c2ccc3c(F)c(CCc4ccc(Cl)c(F)c4)ccc3c2)c(F)c1. The van der Waals surface area contributed by atoms with Crippen LogP contribution >= 0.6 is 11.6 Å². The number of benzene rings is 4. The highest BCUT2D eigenvalue weighted by molar-refractivity contribution is 6.30. The van der Waals surface area contributed by atoms with Crippen LogP contribution in [0.25, 0.3) is 21.9 Å². The Kier molecular flexibility index (Phi) is 7.95. The van der Waals surface area contributed by atoms with Gasteiger partial charge in [-0.2, -0.15) is 0 Å². The fourth-order valence-corrected chi connectivity index (χ4v) is 4.49. The minimum Gasteiger partial charge on any atom is -0.206 e. The lowest BCUT2D eigenvalue weighted by Crippen LogP contribution is -1.97. The summed E-state index contributed by atoms with van der Waals surface area (Å²) in [5, 5.41) is 1.30. The molecular formula is C30H28ClF3. The topological polar surface area (TPSA) is 0 Å². The summed E-state index contributed by atoms with van der Waals surface area (Å²) in [4.78, 5) is 0. The predicted molar refractivity (Wildman–Crippen MR) is 136 cm³/mol. The Morgan fingerprint density at radius 2 is 1.44 bits per heavy atom. The summed E-state index contributed by atoms with van der Waals surface area (Å²) in [7, 11) is 0. The molecule has 0 aliphatic rings. The maximum absolute atomic E-state index is 15.2. The molecular weight excluding hydrogens is 453 g/mol. The highest BCUT2D eigenvalue weighted by atomic mass is 35.5. The van der Waals surface area contributed by atoms with Crippen molar-refractivity contribution in [1.82, 2.24) is 0 Å². The molecule has 0 N–H and O–H groups in total. The molecule has 0 aromatic heterocycles. The van der Waals surface area contributed by atoms with Gasteiger partial charge in [0, 0.05) is 10.9 Å². The second-order valence-corrected chi connectivity index (χ2v) is 9.26. The average Bonchev–Trinajstić information content (AvgIpc) is 2.83. The number of fused-ring (bicyclic) bond motifs is 1. The summed E-state index contributed by atoms with van der Waals surface area (Å²) in [6.07, 6.45) is 6.44. The maximum Gasteiger partial charge on any atom is 0.142 e. The maximum atomic E-state index is 15.2. The Labute approximate surface area is 204 Å². The van der Waals surface area contributed by atoms with E-state index < -0.39 is 5.82 Å². The van der Waals surface area contributed by atoms with Gasteiger partial charge in [0.25, 0.3) is 0 Å². The predicted octanol–water partition coefficient (Wildman–Crippen LogP) is 9.49. The van der Waals surface area contributed by atoms with Crippen molar-refractivity contribution in [3.05, 3.63) is 106 Å². The van der Waals surface area contributed by atoms with Gasteiger partial charge in [-0.15, -0.1) is 0 Å². The van der Waals surface area contributed by atoms with E-state index in [0.717, 1.165) is 41.3 Å². The quantitative estimate of drug-likeness (QED) is 0.209. The van der Waals surface area contributed by atoms with Crippen molar-refractivity contribution in [2.45, 2.75) is 51.9 Å². The summed E-state index contributed by atoms with van der Waals surface area (Å²) >= 11 is 5.73. The smallest absolute Gasteiger partial charge is 0.142 e. The number of aryl methyl sites for hydroxylation is 3. The van der Waals surface area contributed by atoms with Crippen LogP contribution in [-0.2, 0) is 19.3 Å². The molecule has 0 aliphatic carbocycles. The zero-order valence-corrected chi connectivity index (χ0v) is 20.1. The monoisotopic (exact) mass is 480 g/mol. The normalized spacial score (nSPS) is 11.3. The van der Waals surface area contributed by atoms with Gasteiger partial charge in [-0.25, -0.2) is 13.2 Å². The molecule has 0 nitrogen and oxygen atoms in total. The van der Waals surface area contributed by atoms with Crippen LogP contribution in [0.1, 0.15) is 49.3 Å². The number of halogens is 4. The minimum absolute atomic E-state index is 0.0782. The van der Waals surface area contributed by atoms with E-state index in [1.54, 1.807) is 30.3 Å². The molecule has 0 unspecified atom stereocenters. The highest BCUT2D eigenvalue weighted by Gasteiger charge is 2.12. The lowest BCUT2D eigenvalue weighted by molar-refractivity contribution is 0.617. The zero-order valence-electron chi connectivity index (χ0n) is 19.3. The fraction of sp³-hybridized carbons (Fsp3) is 0.267. The molecule has 0 amide bonds. The largest absolute Gasteiger partial charge is 0.206 e. The molecule has 4 aromatic rings. The van der Waals surface area contributed by atoms with Crippen molar-refractivity contribution < 1.29 is 13.2 Å². The Balaban J connectivity index is 1.51. The van der Waals surface area contributed by atoms with Gasteiger partial charge in [-0.05, 0) is 77.6 Å². The van der Waals surface area contributed by atoms with Crippen LogP contribution in [0.2, 0.25) is 5.02 Å². The average molecular weight is 481 g/mol. The lowest BCUT2D eigenvalue weighted by atomic mass is 9.96. The Hall–Kier alpha value is -2.78. The summed E-state index contributed by atoms with van der Waals surface area (Å²) in [5.41, 5.74) is 3.59. The van der Waals surface area contributed by atoms with Crippen LogP contribution in [0.15, 0.2) is 66.7 Å². The molecule has 0 radical (unpaired) electrons. The molecule has 4 heteroatoms. The van der Waals surface area contributed by atoms with Crippen molar-refractivity contribution in [2.75, 3.05) is 0 Å². The Morgan fingerprint density at radius 1 is 0.676 bits per heavy atom. The van der Waals surface area contributed by atoms with Crippen LogP contribution in [0.4, 0.5) is 13.2 Å². The van der Waals surface area contributed by atoms with Gasteiger partial charge in [-0.3, -0.25) is 0 Å². The molecule has 0 spiro atoms. The van der Waals surface area contributed by atoms with Crippen LogP contribution in [-0.4, -0.2) is 0 Å². The fourth-order valence-electron chi connectivity index (χ4n) is 4.38.